The van der Waals surface area contributed by atoms with Crippen LogP contribution in [0.5, 0.6) is 0 Å². The van der Waals surface area contributed by atoms with Crippen LogP contribution < -0.4 is 5.73 Å². The van der Waals surface area contributed by atoms with Crippen LogP contribution in [-0.2, 0) is 0 Å². The molecule has 16 heavy (non-hydrogen) atoms. The van der Waals surface area contributed by atoms with E-state index in [9.17, 15) is 0 Å². The van der Waals surface area contributed by atoms with Crippen LogP contribution in [0.1, 0.15) is 31.2 Å². The second-order valence-corrected chi connectivity index (χ2v) is 5.22. The van der Waals surface area contributed by atoms with Crippen LogP contribution in [0.2, 0.25) is 0 Å². The largest absolute Gasteiger partial charge is 0.387 e. The maximum atomic E-state index is 6.06. The van der Waals surface area contributed by atoms with Crippen molar-refractivity contribution in [2.24, 2.45) is 16.6 Å². The summed E-state index contributed by atoms with van der Waals surface area (Å²) >= 11 is 3.55. The van der Waals surface area contributed by atoms with Crippen molar-refractivity contribution in [1.29, 1.82) is 0 Å². The average Bonchev–Trinajstić information content (AvgIpc) is 2.78. The van der Waals surface area contributed by atoms with Crippen molar-refractivity contribution in [3.63, 3.8) is 0 Å². The normalized spacial score (nSPS) is 18.0. The minimum Gasteiger partial charge on any atom is -0.387 e. The lowest BCUT2D eigenvalue weighted by Gasteiger charge is -2.09. The molecule has 86 valence electrons. The summed E-state index contributed by atoms with van der Waals surface area (Å²) in [5.74, 6) is 1.29. The molecule has 2 N–H and O–H groups in total. The molecule has 1 aromatic rings. The quantitative estimate of drug-likeness (QED) is 0.647. The third kappa shape index (κ3) is 2.46. The van der Waals surface area contributed by atoms with Crippen LogP contribution in [0.15, 0.2) is 27.7 Å². The van der Waals surface area contributed by atoms with Crippen LogP contribution in [-0.4, -0.2) is 5.84 Å². The molecular weight excluding hydrogens is 264 g/mol. The highest BCUT2D eigenvalue weighted by atomic mass is 79.9. The second-order valence-electron chi connectivity index (χ2n) is 4.43. The Balaban J connectivity index is 2.24. The van der Waals surface area contributed by atoms with Crippen molar-refractivity contribution in [1.82, 2.24) is 0 Å². The summed E-state index contributed by atoms with van der Waals surface area (Å²) in [4.78, 5) is 4.55. The Morgan fingerprint density at radius 2 is 2.06 bits per heavy atom. The minimum atomic E-state index is 0.493. The molecule has 1 fully saturated rings. The molecule has 0 aliphatic heterocycles. The van der Waals surface area contributed by atoms with E-state index in [1.165, 1.54) is 31.2 Å². The lowest BCUT2D eigenvalue weighted by molar-refractivity contribution is 0.722. The SMILES string of the molecule is Cc1cccc(N=C(N)C2CCCC2)c1Br. The molecule has 0 radical (unpaired) electrons. The van der Waals surface area contributed by atoms with Gasteiger partial charge in [0.2, 0.25) is 0 Å². The molecule has 0 aromatic heterocycles. The van der Waals surface area contributed by atoms with Crippen LogP contribution in [0.25, 0.3) is 0 Å². The molecule has 1 aromatic carbocycles. The van der Waals surface area contributed by atoms with Crippen LogP contribution in [0, 0.1) is 12.8 Å². The monoisotopic (exact) mass is 280 g/mol. The Kier molecular flexibility index (Phi) is 3.64. The van der Waals surface area contributed by atoms with Crippen LogP contribution in [0.4, 0.5) is 5.69 Å². The van der Waals surface area contributed by atoms with Gasteiger partial charge in [0.15, 0.2) is 0 Å². The molecular formula is C13H17BrN2. The average molecular weight is 281 g/mol. The summed E-state index contributed by atoms with van der Waals surface area (Å²) in [6.45, 7) is 2.06. The summed E-state index contributed by atoms with van der Waals surface area (Å²) in [7, 11) is 0. The maximum Gasteiger partial charge on any atom is 0.103 e. The van der Waals surface area contributed by atoms with Crippen molar-refractivity contribution >= 4 is 27.5 Å². The standard InChI is InChI=1S/C13H17BrN2/c1-9-5-4-8-11(12(9)14)16-13(15)10-6-2-3-7-10/h4-5,8,10H,2-3,6-7H2,1H3,(H2,15,16). The number of aryl methyl sites for hydroxylation is 1. The summed E-state index contributed by atoms with van der Waals surface area (Å²) in [6, 6.07) is 6.08. The maximum absolute atomic E-state index is 6.06. The number of hydrogen-bond donors (Lipinski definition) is 1. The topological polar surface area (TPSA) is 38.4 Å². The predicted molar refractivity (Wildman–Crippen MR) is 72.1 cm³/mol. The van der Waals surface area contributed by atoms with Crippen molar-refractivity contribution in [2.75, 3.05) is 0 Å². The van der Waals surface area contributed by atoms with Gasteiger partial charge in [-0.15, -0.1) is 0 Å². The highest BCUT2D eigenvalue weighted by molar-refractivity contribution is 9.10. The third-order valence-corrected chi connectivity index (χ3v) is 4.23. The molecule has 2 nitrogen and oxygen atoms in total. The van der Waals surface area contributed by atoms with Crippen molar-refractivity contribution < 1.29 is 0 Å². The van der Waals surface area contributed by atoms with E-state index < -0.39 is 0 Å². The van der Waals surface area contributed by atoms with Gasteiger partial charge in [0, 0.05) is 10.4 Å². The summed E-state index contributed by atoms with van der Waals surface area (Å²) < 4.78 is 1.05. The fourth-order valence-electron chi connectivity index (χ4n) is 2.17. The van der Waals surface area contributed by atoms with Gasteiger partial charge < -0.3 is 5.73 Å². The highest BCUT2D eigenvalue weighted by Crippen LogP contribution is 2.30. The lowest BCUT2D eigenvalue weighted by Crippen LogP contribution is -2.20. The predicted octanol–water partition coefficient (Wildman–Crippen LogP) is 3.94. The highest BCUT2D eigenvalue weighted by Gasteiger charge is 2.18. The van der Waals surface area contributed by atoms with Gasteiger partial charge in [0.1, 0.15) is 5.84 Å². The Morgan fingerprint density at radius 3 is 2.75 bits per heavy atom. The van der Waals surface area contributed by atoms with E-state index in [1.54, 1.807) is 0 Å². The number of nitrogens with two attached hydrogens (primary N) is 1. The van der Waals surface area contributed by atoms with Gasteiger partial charge in [-0.3, -0.25) is 0 Å². The van der Waals surface area contributed by atoms with Gasteiger partial charge in [0.05, 0.1) is 5.69 Å². The summed E-state index contributed by atoms with van der Waals surface area (Å²) in [5, 5.41) is 0. The molecule has 2 rings (SSSR count). The van der Waals surface area contributed by atoms with Gasteiger partial charge in [-0.05, 0) is 47.3 Å². The molecule has 0 saturated heterocycles. The molecule has 0 spiro atoms. The molecule has 0 bridgehead atoms. The number of benzene rings is 1. The first-order valence-electron chi connectivity index (χ1n) is 5.77. The number of halogens is 1. The molecule has 0 heterocycles. The number of aliphatic imine (C=N–C) groups is 1. The van der Waals surface area contributed by atoms with E-state index in [1.807, 2.05) is 12.1 Å². The van der Waals surface area contributed by atoms with Gasteiger partial charge in [-0.25, -0.2) is 4.99 Å². The van der Waals surface area contributed by atoms with Crippen molar-refractivity contribution in [3.8, 4) is 0 Å². The van der Waals surface area contributed by atoms with Gasteiger partial charge in [-0.2, -0.15) is 0 Å². The van der Waals surface area contributed by atoms with Crippen LogP contribution >= 0.6 is 15.9 Å². The first-order chi connectivity index (χ1) is 7.68. The van der Waals surface area contributed by atoms with Gasteiger partial charge in [0.25, 0.3) is 0 Å². The number of rotatable bonds is 2. The fourth-order valence-corrected chi connectivity index (χ4v) is 2.52. The zero-order valence-electron chi connectivity index (χ0n) is 9.54. The molecule has 0 atom stereocenters. The fraction of sp³-hybridized carbons (Fsp3) is 0.462. The first kappa shape index (κ1) is 11.6. The number of amidine groups is 1. The van der Waals surface area contributed by atoms with E-state index in [0.717, 1.165) is 16.0 Å². The van der Waals surface area contributed by atoms with E-state index in [-0.39, 0.29) is 0 Å². The van der Waals surface area contributed by atoms with Gasteiger partial charge >= 0.3 is 0 Å². The second kappa shape index (κ2) is 5.00. The molecule has 1 aliphatic carbocycles. The van der Waals surface area contributed by atoms with Crippen LogP contribution in [0.3, 0.4) is 0 Å². The van der Waals surface area contributed by atoms with Crippen molar-refractivity contribution in [2.45, 2.75) is 32.6 Å². The lowest BCUT2D eigenvalue weighted by atomic mass is 10.1. The number of hydrogen-bond acceptors (Lipinski definition) is 1. The third-order valence-electron chi connectivity index (χ3n) is 3.19. The molecule has 0 unspecified atom stereocenters. The first-order valence-corrected chi connectivity index (χ1v) is 6.57. The zero-order valence-corrected chi connectivity index (χ0v) is 11.1. The van der Waals surface area contributed by atoms with Crippen molar-refractivity contribution in [3.05, 3.63) is 28.2 Å². The smallest absolute Gasteiger partial charge is 0.103 e. The molecule has 0 amide bonds. The van der Waals surface area contributed by atoms with E-state index in [2.05, 4.69) is 33.9 Å². The zero-order chi connectivity index (χ0) is 11.5. The summed E-state index contributed by atoms with van der Waals surface area (Å²) in [6.07, 6.45) is 4.96. The van der Waals surface area contributed by atoms with E-state index in [4.69, 9.17) is 5.73 Å². The Morgan fingerprint density at radius 1 is 1.38 bits per heavy atom. The Bertz CT molecular complexity index is 406. The molecule has 1 aliphatic rings. The Labute approximate surface area is 105 Å². The van der Waals surface area contributed by atoms with E-state index >= 15 is 0 Å². The Hall–Kier alpha value is -0.830. The van der Waals surface area contributed by atoms with Gasteiger partial charge in [-0.1, -0.05) is 25.0 Å². The summed E-state index contributed by atoms with van der Waals surface area (Å²) in [5.41, 5.74) is 8.20. The molecule has 3 heteroatoms. The van der Waals surface area contributed by atoms with E-state index in [0.29, 0.717) is 5.92 Å². The number of nitrogens with zero attached hydrogens (tertiary/aromatic N) is 1. The minimum absolute atomic E-state index is 0.493. The molecule has 1 saturated carbocycles.